The van der Waals surface area contributed by atoms with Gasteiger partial charge < -0.3 is 4.42 Å². The number of rotatable bonds is 3. The Morgan fingerprint density at radius 2 is 1.65 bits per heavy atom. The van der Waals surface area contributed by atoms with Crippen molar-refractivity contribution < 1.29 is 4.42 Å². The molecule has 0 radical (unpaired) electrons. The second-order valence-electron chi connectivity index (χ2n) is 5.73. The van der Waals surface area contributed by atoms with Crippen LogP contribution in [0.15, 0.2) is 62.4 Å². The molecule has 3 aromatic rings. The highest BCUT2D eigenvalue weighted by Crippen LogP contribution is 2.30. The number of hydrogen-bond donors (Lipinski definition) is 0. The molecule has 0 unspecified atom stereocenters. The standard InChI is InChI=1S/C20H18BrNO/c1-13-5-8-19(15(3)10-13)22-12-16-6-9-20(23-16)17-7-4-14(2)11-18(17)21/h4-12H,1-3H3. The molecule has 0 N–H and O–H groups in total. The fourth-order valence-electron chi connectivity index (χ4n) is 2.47. The lowest BCUT2D eigenvalue weighted by molar-refractivity contribution is 0.575. The molecule has 3 heteroatoms. The minimum absolute atomic E-state index is 0.743. The summed E-state index contributed by atoms with van der Waals surface area (Å²) in [6, 6.07) is 16.4. The lowest BCUT2D eigenvalue weighted by Crippen LogP contribution is -1.80. The van der Waals surface area contributed by atoms with Crippen LogP contribution >= 0.6 is 15.9 Å². The molecule has 0 amide bonds. The van der Waals surface area contributed by atoms with Crippen molar-refractivity contribution >= 4 is 27.8 Å². The van der Waals surface area contributed by atoms with Crippen molar-refractivity contribution in [3.63, 3.8) is 0 Å². The van der Waals surface area contributed by atoms with Crippen molar-refractivity contribution in [3.05, 3.63) is 75.5 Å². The Kier molecular flexibility index (Phi) is 4.49. The van der Waals surface area contributed by atoms with Crippen LogP contribution in [0.3, 0.4) is 0 Å². The van der Waals surface area contributed by atoms with Gasteiger partial charge in [0.05, 0.1) is 11.9 Å². The molecule has 3 rings (SSSR count). The number of benzene rings is 2. The Hall–Kier alpha value is -2.13. The van der Waals surface area contributed by atoms with Crippen LogP contribution in [-0.4, -0.2) is 6.21 Å². The molecule has 116 valence electrons. The minimum Gasteiger partial charge on any atom is -0.455 e. The molecule has 0 aliphatic heterocycles. The predicted octanol–water partition coefficient (Wildman–Crippen LogP) is 6.38. The maximum atomic E-state index is 5.90. The average molecular weight is 368 g/mol. The van der Waals surface area contributed by atoms with Crippen molar-refractivity contribution in [1.82, 2.24) is 0 Å². The lowest BCUT2D eigenvalue weighted by Gasteiger charge is -2.02. The summed E-state index contributed by atoms with van der Waals surface area (Å²) in [6.07, 6.45) is 1.77. The number of aryl methyl sites for hydroxylation is 3. The van der Waals surface area contributed by atoms with E-state index in [1.807, 2.05) is 18.2 Å². The SMILES string of the molecule is Cc1ccc(N=Cc2ccc(-c3ccc(C)cc3Br)o2)c(C)c1. The molecule has 0 aliphatic carbocycles. The summed E-state index contributed by atoms with van der Waals surface area (Å²) < 4.78 is 6.93. The zero-order chi connectivity index (χ0) is 16.4. The van der Waals surface area contributed by atoms with E-state index in [0.29, 0.717) is 0 Å². The Morgan fingerprint density at radius 1 is 0.913 bits per heavy atom. The van der Waals surface area contributed by atoms with Gasteiger partial charge in [0.25, 0.3) is 0 Å². The molecule has 23 heavy (non-hydrogen) atoms. The van der Waals surface area contributed by atoms with Gasteiger partial charge in [0.2, 0.25) is 0 Å². The Bertz CT molecular complexity index is 877. The Labute approximate surface area is 145 Å². The first-order chi connectivity index (χ1) is 11.0. The highest BCUT2D eigenvalue weighted by Gasteiger charge is 2.07. The van der Waals surface area contributed by atoms with Crippen molar-refractivity contribution in [1.29, 1.82) is 0 Å². The molecule has 0 spiro atoms. The molecule has 0 saturated carbocycles. The third-order valence-corrected chi connectivity index (χ3v) is 4.36. The van der Waals surface area contributed by atoms with Gasteiger partial charge >= 0.3 is 0 Å². The van der Waals surface area contributed by atoms with Gasteiger partial charge in [-0.05, 0) is 62.2 Å². The third kappa shape index (κ3) is 3.62. The van der Waals surface area contributed by atoms with Crippen LogP contribution in [0.4, 0.5) is 5.69 Å². The molecule has 0 bridgehead atoms. The van der Waals surface area contributed by atoms with E-state index < -0.39 is 0 Å². The minimum atomic E-state index is 0.743. The topological polar surface area (TPSA) is 25.5 Å². The maximum absolute atomic E-state index is 5.90. The van der Waals surface area contributed by atoms with Gasteiger partial charge in [-0.3, -0.25) is 4.99 Å². The van der Waals surface area contributed by atoms with Crippen molar-refractivity contribution in [2.24, 2.45) is 4.99 Å². The van der Waals surface area contributed by atoms with Gasteiger partial charge in [-0.2, -0.15) is 0 Å². The molecule has 1 heterocycles. The zero-order valence-corrected chi connectivity index (χ0v) is 15.0. The van der Waals surface area contributed by atoms with Gasteiger partial charge in [0.15, 0.2) is 0 Å². The molecular weight excluding hydrogens is 350 g/mol. The van der Waals surface area contributed by atoms with E-state index in [9.17, 15) is 0 Å². The van der Waals surface area contributed by atoms with E-state index in [1.54, 1.807) is 6.21 Å². The van der Waals surface area contributed by atoms with Gasteiger partial charge in [0.1, 0.15) is 11.5 Å². The molecule has 1 aromatic heterocycles. The fourth-order valence-corrected chi connectivity index (χ4v) is 3.16. The Balaban J connectivity index is 1.86. The first-order valence-corrected chi connectivity index (χ1v) is 8.30. The molecule has 0 aliphatic rings. The summed E-state index contributed by atoms with van der Waals surface area (Å²) in [6.45, 7) is 6.22. The number of aliphatic imine (C=N–C) groups is 1. The molecular formula is C20H18BrNO. The van der Waals surface area contributed by atoms with Crippen LogP contribution in [-0.2, 0) is 0 Å². The summed E-state index contributed by atoms with van der Waals surface area (Å²) in [5.41, 5.74) is 5.62. The van der Waals surface area contributed by atoms with E-state index in [0.717, 1.165) is 32.8 Å². The van der Waals surface area contributed by atoms with Crippen molar-refractivity contribution in [3.8, 4) is 11.3 Å². The Morgan fingerprint density at radius 3 is 2.39 bits per heavy atom. The van der Waals surface area contributed by atoms with Crippen LogP contribution in [0, 0.1) is 20.8 Å². The van der Waals surface area contributed by atoms with Gasteiger partial charge in [-0.1, -0.05) is 39.7 Å². The average Bonchev–Trinajstić information content (AvgIpc) is 2.95. The smallest absolute Gasteiger partial charge is 0.145 e. The normalized spacial score (nSPS) is 11.3. The largest absolute Gasteiger partial charge is 0.455 e. The van der Waals surface area contributed by atoms with Crippen molar-refractivity contribution in [2.45, 2.75) is 20.8 Å². The van der Waals surface area contributed by atoms with Crippen LogP contribution in [0.25, 0.3) is 11.3 Å². The molecule has 2 nitrogen and oxygen atoms in total. The number of halogens is 1. The monoisotopic (exact) mass is 367 g/mol. The third-order valence-electron chi connectivity index (χ3n) is 3.70. The maximum Gasteiger partial charge on any atom is 0.145 e. The van der Waals surface area contributed by atoms with Crippen LogP contribution in [0.2, 0.25) is 0 Å². The number of hydrogen-bond acceptors (Lipinski definition) is 2. The number of nitrogens with zero attached hydrogens (tertiary/aromatic N) is 1. The van der Waals surface area contributed by atoms with Gasteiger partial charge in [-0.25, -0.2) is 0 Å². The second-order valence-corrected chi connectivity index (χ2v) is 6.59. The quantitative estimate of drug-likeness (QED) is 0.492. The molecule has 0 atom stereocenters. The summed E-state index contributed by atoms with van der Waals surface area (Å²) in [5, 5.41) is 0. The van der Waals surface area contributed by atoms with E-state index in [1.165, 1.54) is 11.1 Å². The van der Waals surface area contributed by atoms with E-state index in [4.69, 9.17) is 4.42 Å². The van der Waals surface area contributed by atoms with E-state index in [2.05, 4.69) is 72.0 Å². The van der Waals surface area contributed by atoms with Crippen LogP contribution < -0.4 is 0 Å². The first-order valence-electron chi connectivity index (χ1n) is 7.50. The van der Waals surface area contributed by atoms with Gasteiger partial charge in [-0.15, -0.1) is 0 Å². The zero-order valence-electron chi connectivity index (χ0n) is 13.4. The highest BCUT2D eigenvalue weighted by molar-refractivity contribution is 9.10. The van der Waals surface area contributed by atoms with E-state index >= 15 is 0 Å². The molecule has 2 aromatic carbocycles. The molecule has 0 saturated heterocycles. The van der Waals surface area contributed by atoms with Crippen LogP contribution in [0.5, 0.6) is 0 Å². The fraction of sp³-hybridized carbons (Fsp3) is 0.150. The predicted molar refractivity (Wildman–Crippen MR) is 99.8 cm³/mol. The van der Waals surface area contributed by atoms with Crippen molar-refractivity contribution in [2.75, 3.05) is 0 Å². The second kappa shape index (κ2) is 6.55. The lowest BCUT2D eigenvalue weighted by atomic mass is 10.1. The van der Waals surface area contributed by atoms with E-state index in [-0.39, 0.29) is 0 Å². The first kappa shape index (κ1) is 15.8. The highest BCUT2D eigenvalue weighted by atomic mass is 79.9. The van der Waals surface area contributed by atoms with Crippen LogP contribution in [0.1, 0.15) is 22.5 Å². The number of furan rings is 1. The summed E-state index contributed by atoms with van der Waals surface area (Å²) >= 11 is 3.59. The molecule has 0 fully saturated rings. The summed E-state index contributed by atoms with van der Waals surface area (Å²) in [7, 11) is 0. The van der Waals surface area contributed by atoms with Gasteiger partial charge in [0, 0.05) is 10.0 Å². The summed E-state index contributed by atoms with van der Waals surface area (Å²) in [5.74, 6) is 1.58. The summed E-state index contributed by atoms with van der Waals surface area (Å²) in [4.78, 5) is 4.53.